The van der Waals surface area contributed by atoms with E-state index in [1.807, 2.05) is 0 Å². The zero-order valence-electron chi connectivity index (χ0n) is 9.25. The topological polar surface area (TPSA) is 71.1 Å². The minimum absolute atomic E-state index is 0.000635. The summed E-state index contributed by atoms with van der Waals surface area (Å²) in [6, 6.07) is 6.83. The first-order chi connectivity index (χ1) is 8.24. The van der Waals surface area contributed by atoms with Gasteiger partial charge in [0.05, 0.1) is 0 Å². The smallest absolute Gasteiger partial charge is 0.159 e. The van der Waals surface area contributed by atoms with Gasteiger partial charge in [-0.3, -0.25) is 4.79 Å². The minimum atomic E-state index is -0.239. The van der Waals surface area contributed by atoms with Crippen LogP contribution in [0.3, 0.4) is 0 Å². The van der Waals surface area contributed by atoms with E-state index in [1.165, 1.54) is 6.92 Å². The predicted octanol–water partition coefficient (Wildman–Crippen LogP) is 1.40. The van der Waals surface area contributed by atoms with Crippen LogP contribution in [0.5, 0.6) is 0 Å². The molecule has 0 bridgehead atoms. The molecule has 0 aliphatic carbocycles. The summed E-state index contributed by atoms with van der Waals surface area (Å²) in [4.78, 5) is 29.6. The van der Waals surface area contributed by atoms with Crippen LogP contribution in [0.1, 0.15) is 22.8 Å². The van der Waals surface area contributed by atoms with Crippen LogP contribution in [-0.4, -0.2) is 18.7 Å². The van der Waals surface area contributed by atoms with E-state index in [0.717, 1.165) is 5.56 Å². The number of rotatable bonds is 8. The van der Waals surface area contributed by atoms with Crippen molar-refractivity contribution >= 4 is 12.1 Å². The largest absolute Gasteiger partial charge is 0.301 e. The molecular formula is C11H12O6. The third kappa shape index (κ3) is 5.32. The summed E-state index contributed by atoms with van der Waals surface area (Å²) in [5.74, 6) is -0.000635. The van der Waals surface area contributed by atoms with Gasteiger partial charge < -0.3 is 4.79 Å². The fourth-order valence-electron chi connectivity index (χ4n) is 1.02. The van der Waals surface area contributed by atoms with Gasteiger partial charge in [-0.2, -0.15) is 9.78 Å². The zero-order chi connectivity index (χ0) is 12.5. The Labute approximate surface area is 97.8 Å². The number of benzene rings is 1. The Morgan fingerprint density at radius 1 is 1.18 bits per heavy atom. The fourth-order valence-corrected chi connectivity index (χ4v) is 1.02. The van der Waals surface area contributed by atoms with Crippen molar-refractivity contribution in [3.63, 3.8) is 0 Å². The lowest BCUT2D eigenvalue weighted by Gasteiger charge is -2.02. The third-order valence-corrected chi connectivity index (χ3v) is 1.85. The maximum Gasteiger partial charge on any atom is 0.159 e. The van der Waals surface area contributed by atoms with Gasteiger partial charge in [-0.05, 0) is 22.6 Å². The fraction of sp³-hybridized carbons (Fsp3) is 0.273. The van der Waals surface area contributed by atoms with Crippen LogP contribution in [0, 0.1) is 0 Å². The van der Waals surface area contributed by atoms with Gasteiger partial charge in [0.25, 0.3) is 0 Å². The highest BCUT2D eigenvalue weighted by Gasteiger charge is 1.99. The molecule has 0 N–H and O–H groups in total. The van der Waals surface area contributed by atoms with Gasteiger partial charge in [0.2, 0.25) is 0 Å². The van der Waals surface area contributed by atoms with Crippen molar-refractivity contribution in [2.24, 2.45) is 0 Å². The van der Waals surface area contributed by atoms with Crippen molar-refractivity contribution in [3.8, 4) is 0 Å². The number of ketones is 1. The summed E-state index contributed by atoms with van der Waals surface area (Å²) in [5, 5.41) is 8.22. The minimum Gasteiger partial charge on any atom is -0.301 e. The highest BCUT2D eigenvalue weighted by atomic mass is 17.7. The van der Waals surface area contributed by atoms with E-state index in [9.17, 15) is 9.59 Å². The van der Waals surface area contributed by atoms with E-state index < -0.39 is 0 Å². The Morgan fingerprint density at radius 3 is 2.41 bits per heavy atom. The monoisotopic (exact) mass is 240 g/mol. The summed E-state index contributed by atoms with van der Waals surface area (Å²) in [5.41, 5.74) is 1.43. The number of aldehydes is 1. The van der Waals surface area contributed by atoms with Gasteiger partial charge in [-0.25, -0.2) is 0 Å². The Bertz CT molecular complexity index is 359. The summed E-state index contributed by atoms with van der Waals surface area (Å²) in [7, 11) is 0. The second kappa shape index (κ2) is 7.64. The Balaban J connectivity index is 2.23. The first-order valence-electron chi connectivity index (χ1n) is 4.85. The Kier molecular flexibility index (Phi) is 6.05. The van der Waals surface area contributed by atoms with Crippen molar-refractivity contribution in [1.29, 1.82) is 0 Å². The quantitative estimate of drug-likeness (QED) is 0.225. The number of hydrogen-bond donors (Lipinski definition) is 0. The SMILES string of the molecule is CC(=O)c1ccc(COOOOCC=O)cc1. The van der Waals surface area contributed by atoms with Gasteiger partial charge in [-0.15, -0.1) is 0 Å². The Hall–Kier alpha value is -1.60. The lowest BCUT2D eigenvalue weighted by molar-refractivity contribution is -0.635. The van der Waals surface area contributed by atoms with Crippen LogP contribution in [0.15, 0.2) is 24.3 Å². The number of hydrogen-bond acceptors (Lipinski definition) is 6. The van der Waals surface area contributed by atoms with Gasteiger partial charge >= 0.3 is 0 Å². The molecule has 0 aliphatic heterocycles. The molecule has 92 valence electrons. The lowest BCUT2D eigenvalue weighted by atomic mass is 10.1. The molecule has 0 aromatic heterocycles. The molecule has 0 aliphatic rings. The van der Waals surface area contributed by atoms with Gasteiger partial charge in [-0.1, -0.05) is 24.3 Å². The van der Waals surface area contributed by atoms with Crippen LogP contribution in [0.4, 0.5) is 0 Å². The molecular weight excluding hydrogens is 228 g/mol. The molecule has 1 rings (SSSR count). The maximum atomic E-state index is 11.0. The van der Waals surface area contributed by atoms with Crippen LogP contribution in [-0.2, 0) is 31.3 Å². The molecule has 0 saturated carbocycles. The van der Waals surface area contributed by atoms with E-state index in [4.69, 9.17) is 0 Å². The summed E-state index contributed by atoms with van der Waals surface area (Å²) in [6.07, 6.45) is 0.504. The number of carbonyl (C=O) groups is 2. The van der Waals surface area contributed by atoms with Crippen LogP contribution in [0.2, 0.25) is 0 Å². The molecule has 0 heterocycles. The summed E-state index contributed by atoms with van der Waals surface area (Å²) in [6.45, 7) is 1.38. The molecule has 0 saturated heterocycles. The van der Waals surface area contributed by atoms with E-state index in [-0.39, 0.29) is 19.0 Å². The average molecular weight is 240 g/mol. The molecule has 17 heavy (non-hydrogen) atoms. The molecule has 0 spiro atoms. The number of Topliss-reactive ketones (excluding diaryl/α,β-unsaturated/α-hetero) is 1. The molecule has 1 aromatic carbocycles. The maximum absolute atomic E-state index is 11.0. The van der Waals surface area contributed by atoms with E-state index >= 15 is 0 Å². The zero-order valence-corrected chi connectivity index (χ0v) is 9.25. The molecule has 6 nitrogen and oxygen atoms in total. The highest BCUT2D eigenvalue weighted by Crippen LogP contribution is 2.06. The first-order valence-corrected chi connectivity index (χ1v) is 4.85. The molecule has 0 unspecified atom stereocenters. The van der Waals surface area contributed by atoms with E-state index in [2.05, 4.69) is 19.9 Å². The van der Waals surface area contributed by atoms with Crippen LogP contribution >= 0.6 is 0 Å². The summed E-state index contributed by atoms with van der Waals surface area (Å²) >= 11 is 0. The summed E-state index contributed by atoms with van der Waals surface area (Å²) < 4.78 is 0. The van der Waals surface area contributed by atoms with Gasteiger partial charge in [0.1, 0.15) is 19.5 Å². The second-order valence-electron chi connectivity index (χ2n) is 3.10. The van der Waals surface area contributed by atoms with Crippen molar-refractivity contribution in [2.75, 3.05) is 6.61 Å². The van der Waals surface area contributed by atoms with E-state index in [0.29, 0.717) is 11.8 Å². The van der Waals surface area contributed by atoms with E-state index in [1.54, 1.807) is 24.3 Å². The van der Waals surface area contributed by atoms with Crippen molar-refractivity contribution in [1.82, 2.24) is 0 Å². The molecule has 1 aromatic rings. The van der Waals surface area contributed by atoms with Crippen LogP contribution in [0.25, 0.3) is 0 Å². The van der Waals surface area contributed by atoms with Gasteiger partial charge in [0, 0.05) is 5.56 Å². The normalized spacial score (nSPS) is 10.2. The molecule has 0 radical (unpaired) electrons. The van der Waals surface area contributed by atoms with Crippen molar-refractivity contribution < 1.29 is 29.4 Å². The first kappa shape index (κ1) is 13.5. The second-order valence-corrected chi connectivity index (χ2v) is 3.10. The number of carbonyl (C=O) groups excluding carboxylic acids is 2. The average Bonchev–Trinajstić information content (AvgIpc) is 2.34. The molecule has 6 heteroatoms. The highest BCUT2D eigenvalue weighted by molar-refractivity contribution is 5.93. The molecule has 0 atom stereocenters. The standard InChI is InChI=1S/C11H12O6/c1-9(13)11-4-2-10(3-5-11)8-15-17-16-14-7-6-12/h2-6H,7-8H2,1H3. The lowest BCUT2D eigenvalue weighted by Crippen LogP contribution is -2.01. The Morgan fingerprint density at radius 2 is 1.82 bits per heavy atom. The van der Waals surface area contributed by atoms with Gasteiger partial charge in [0.15, 0.2) is 5.78 Å². The van der Waals surface area contributed by atoms with Crippen molar-refractivity contribution in [2.45, 2.75) is 13.5 Å². The molecule has 0 fully saturated rings. The van der Waals surface area contributed by atoms with Crippen molar-refractivity contribution in [3.05, 3.63) is 35.4 Å². The van der Waals surface area contributed by atoms with Crippen LogP contribution < -0.4 is 0 Å². The predicted molar refractivity (Wildman–Crippen MR) is 55.4 cm³/mol. The third-order valence-electron chi connectivity index (χ3n) is 1.85. The molecule has 0 amide bonds.